The summed E-state index contributed by atoms with van der Waals surface area (Å²) in [5, 5.41) is 8.18. The monoisotopic (exact) mass is 391 g/mol. The predicted molar refractivity (Wildman–Crippen MR) is 118 cm³/mol. The van der Waals surface area contributed by atoms with Gasteiger partial charge in [0, 0.05) is 27.9 Å². The summed E-state index contributed by atoms with van der Waals surface area (Å²) in [6, 6.07) is 15.1. The molecule has 0 bridgehead atoms. The first-order valence-electron chi connectivity index (χ1n) is 10.2. The van der Waals surface area contributed by atoms with Crippen molar-refractivity contribution < 1.29 is 4.79 Å². The first kappa shape index (κ1) is 19.6. The van der Waals surface area contributed by atoms with E-state index in [1.54, 1.807) is 0 Å². The van der Waals surface area contributed by atoms with Crippen molar-refractivity contribution in [3.63, 3.8) is 0 Å². The number of hydrogen-bond donors (Lipinski definition) is 2. The van der Waals surface area contributed by atoms with Crippen molar-refractivity contribution in [3.05, 3.63) is 58.8 Å². The van der Waals surface area contributed by atoms with Crippen LogP contribution in [0.5, 0.6) is 0 Å². The average Bonchev–Trinajstić information content (AvgIpc) is 2.62. The summed E-state index contributed by atoms with van der Waals surface area (Å²) >= 11 is 0. The van der Waals surface area contributed by atoms with Gasteiger partial charge in [-0.15, -0.1) is 0 Å². The second-order valence-electron chi connectivity index (χ2n) is 9.52. The Bertz CT molecular complexity index is 1070. The molecule has 0 unspecified atom stereocenters. The average molecular weight is 392 g/mol. The number of pyridine rings is 1. The predicted octanol–water partition coefficient (Wildman–Crippen LogP) is 3.58. The quantitative estimate of drug-likeness (QED) is 0.671. The van der Waals surface area contributed by atoms with Crippen molar-refractivity contribution >= 4 is 27.7 Å². The molecule has 1 aliphatic rings. The van der Waals surface area contributed by atoms with Crippen molar-refractivity contribution in [2.75, 3.05) is 0 Å². The van der Waals surface area contributed by atoms with Gasteiger partial charge in [0.15, 0.2) is 5.43 Å². The van der Waals surface area contributed by atoms with E-state index in [1.165, 1.54) is 0 Å². The highest BCUT2D eigenvalue weighted by Crippen LogP contribution is 2.28. The summed E-state index contributed by atoms with van der Waals surface area (Å²) in [6.07, 6.45) is 1.77. The van der Waals surface area contributed by atoms with Crippen LogP contribution in [-0.2, 0) is 11.3 Å². The van der Waals surface area contributed by atoms with Crippen LogP contribution in [-0.4, -0.2) is 27.6 Å². The number of piperidine rings is 1. The molecule has 0 atom stereocenters. The molecule has 5 nitrogen and oxygen atoms in total. The van der Waals surface area contributed by atoms with Crippen molar-refractivity contribution in [1.29, 1.82) is 0 Å². The van der Waals surface area contributed by atoms with Gasteiger partial charge >= 0.3 is 0 Å². The van der Waals surface area contributed by atoms with Gasteiger partial charge in [-0.2, -0.15) is 0 Å². The zero-order valence-corrected chi connectivity index (χ0v) is 17.6. The first-order valence-corrected chi connectivity index (χ1v) is 10.2. The van der Waals surface area contributed by atoms with Crippen LogP contribution in [0.1, 0.15) is 40.5 Å². The normalized spacial score (nSPS) is 18.8. The van der Waals surface area contributed by atoms with Gasteiger partial charge in [-0.25, -0.2) is 0 Å². The van der Waals surface area contributed by atoms with Crippen LogP contribution >= 0.6 is 0 Å². The molecule has 2 N–H and O–H groups in total. The molecule has 1 fully saturated rings. The third-order valence-electron chi connectivity index (χ3n) is 5.74. The van der Waals surface area contributed by atoms with E-state index >= 15 is 0 Å². The summed E-state index contributed by atoms with van der Waals surface area (Å²) in [7, 11) is 0. The van der Waals surface area contributed by atoms with E-state index in [4.69, 9.17) is 0 Å². The molecule has 1 aliphatic heterocycles. The number of rotatable bonds is 3. The molecule has 2 heterocycles. The lowest BCUT2D eigenvalue weighted by molar-refractivity contribution is -0.122. The lowest BCUT2D eigenvalue weighted by Gasteiger charge is -2.46. The lowest BCUT2D eigenvalue weighted by Crippen LogP contribution is -2.62. The Morgan fingerprint density at radius 1 is 0.966 bits per heavy atom. The largest absolute Gasteiger partial charge is 0.352 e. The molecule has 4 rings (SSSR count). The van der Waals surface area contributed by atoms with Crippen LogP contribution in [0.2, 0.25) is 0 Å². The van der Waals surface area contributed by atoms with E-state index in [0.717, 1.165) is 23.9 Å². The molecule has 2 aromatic carbocycles. The van der Waals surface area contributed by atoms with Gasteiger partial charge in [0.25, 0.3) is 0 Å². The molecular weight excluding hydrogens is 362 g/mol. The first-order chi connectivity index (χ1) is 13.7. The lowest BCUT2D eigenvalue weighted by atomic mass is 9.79. The molecule has 1 amide bonds. The summed E-state index contributed by atoms with van der Waals surface area (Å²) in [4.78, 5) is 25.9. The fraction of sp³-hybridized carbons (Fsp3) is 0.417. The molecule has 1 saturated heterocycles. The zero-order valence-electron chi connectivity index (χ0n) is 17.6. The highest BCUT2D eigenvalue weighted by molar-refractivity contribution is 5.94. The van der Waals surface area contributed by atoms with E-state index in [1.807, 2.05) is 53.1 Å². The number of carbonyl (C=O) groups is 1. The maximum absolute atomic E-state index is 13.0. The Kier molecular flexibility index (Phi) is 4.74. The van der Waals surface area contributed by atoms with E-state index in [2.05, 4.69) is 38.3 Å². The molecule has 0 saturated carbocycles. The van der Waals surface area contributed by atoms with Crippen molar-refractivity contribution in [2.24, 2.45) is 0 Å². The van der Waals surface area contributed by atoms with E-state index in [0.29, 0.717) is 10.8 Å². The molecule has 29 heavy (non-hydrogen) atoms. The van der Waals surface area contributed by atoms with Crippen LogP contribution in [0.25, 0.3) is 21.8 Å². The number of amides is 1. The van der Waals surface area contributed by atoms with Crippen LogP contribution in [0.15, 0.2) is 53.3 Å². The summed E-state index contributed by atoms with van der Waals surface area (Å²) in [5.41, 5.74) is 1.52. The van der Waals surface area contributed by atoms with Gasteiger partial charge in [-0.1, -0.05) is 24.3 Å². The van der Waals surface area contributed by atoms with E-state index in [9.17, 15) is 9.59 Å². The smallest absolute Gasteiger partial charge is 0.240 e. The third kappa shape index (κ3) is 3.92. The highest BCUT2D eigenvalue weighted by Gasteiger charge is 2.38. The molecule has 1 aromatic heterocycles. The molecule has 0 spiro atoms. The van der Waals surface area contributed by atoms with Crippen LogP contribution in [0.4, 0.5) is 0 Å². The van der Waals surface area contributed by atoms with Gasteiger partial charge in [0.05, 0.1) is 11.0 Å². The summed E-state index contributed by atoms with van der Waals surface area (Å²) in [5.74, 6) is -0.0255. The van der Waals surface area contributed by atoms with Gasteiger partial charge in [0.2, 0.25) is 5.91 Å². The second-order valence-corrected chi connectivity index (χ2v) is 9.52. The van der Waals surface area contributed by atoms with Crippen LogP contribution < -0.4 is 16.1 Å². The highest BCUT2D eigenvalue weighted by atomic mass is 16.2. The number of benzene rings is 2. The number of fused-ring (bicyclic) bond motifs is 2. The van der Waals surface area contributed by atoms with Crippen LogP contribution in [0.3, 0.4) is 0 Å². The van der Waals surface area contributed by atoms with E-state index < -0.39 is 0 Å². The Morgan fingerprint density at radius 2 is 1.45 bits per heavy atom. The minimum atomic E-state index is -0.0313. The summed E-state index contributed by atoms with van der Waals surface area (Å²) in [6.45, 7) is 8.89. The standard InChI is InChI=1S/C24H29N3O2/c1-23(2)13-16(14-24(3,4)26-23)25-21(28)15-27-19-11-7-5-9-17(19)22(29)18-10-6-8-12-20(18)27/h5-12,16,26H,13-15H2,1-4H3,(H,25,28). The van der Waals surface area contributed by atoms with Gasteiger partial charge < -0.3 is 15.2 Å². The third-order valence-corrected chi connectivity index (χ3v) is 5.74. The topological polar surface area (TPSA) is 63.1 Å². The van der Waals surface area contributed by atoms with Crippen molar-refractivity contribution in [2.45, 2.75) is 64.2 Å². The van der Waals surface area contributed by atoms with Gasteiger partial charge in [-0.3, -0.25) is 9.59 Å². The maximum atomic E-state index is 13.0. The molecule has 152 valence electrons. The van der Waals surface area contributed by atoms with Crippen molar-refractivity contribution in [1.82, 2.24) is 15.2 Å². The minimum Gasteiger partial charge on any atom is -0.352 e. The number of nitrogens with one attached hydrogen (secondary N) is 2. The maximum Gasteiger partial charge on any atom is 0.240 e. The molecular formula is C24H29N3O2. The fourth-order valence-electron chi connectivity index (χ4n) is 5.09. The Hall–Kier alpha value is -2.66. The SMILES string of the molecule is CC1(C)CC(NC(=O)Cn2c3ccccc3c(=O)c3ccccc32)CC(C)(C)N1. The zero-order chi connectivity index (χ0) is 20.8. The number of nitrogens with zero attached hydrogens (tertiary/aromatic N) is 1. The molecule has 0 aliphatic carbocycles. The molecule has 0 radical (unpaired) electrons. The Morgan fingerprint density at radius 3 is 1.97 bits per heavy atom. The number of aromatic nitrogens is 1. The second kappa shape index (κ2) is 6.99. The van der Waals surface area contributed by atoms with Gasteiger partial charge in [-0.05, 0) is 64.8 Å². The number of para-hydroxylation sites is 2. The van der Waals surface area contributed by atoms with Crippen molar-refractivity contribution in [3.8, 4) is 0 Å². The number of carbonyl (C=O) groups excluding carboxylic acids is 1. The molecule has 3 aromatic rings. The molecule has 5 heteroatoms. The Balaban J connectivity index is 1.68. The number of hydrogen-bond acceptors (Lipinski definition) is 3. The minimum absolute atomic E-state index is 0.00899. The van der Waals surface area contributed by atoms with E-state index in [-0.39, 0.29) is 35.0 Å². The van der Waals surface area contributed by atoms with Crippen LogP contribution in [0, 0.1) is 0 Å². The summed E-state index contributed by atoms with van der Waals surface area (Å²) < 4.78 is 1.96. The fourth-order valence-corrected chi connectivity index (χ4v) is 5.09. The van der Waals surface area contributed by atoms with Gasteiger partial charge in [0.1, 0.15) is 6.54 Å². The Labute approximate surface area is 171 Å².